The van der Waals surface area contributed by atoms with Gasteiger partial charge in [-0.05, 0) is 61.9 Å². The molecule has 1 aromatic heterocycles. The van der Waals surface area contributed by atoms with Crippen LogP contribution in [0.5, 0.6) is 11.5 Å². The molecule has 0 bridgehead atoms. The minimum atomic E-state index is -3.76. The van der Waals surface area contributed by atoms with Gasteiger partial charge in [-0.3, -0.25) is 9.52 Å². The molecule has 0 unspecified atom stereocenters. The number of benzene rings is 3. The van der Waals surface area contributed by atoms with E-state index in [1.807, 2.05) is 13.8 Å². The molecule has 8 nitrogen and oxygen atoms in total. The Morgan fingerprint density at radius 1 is 0.941 bits per heavy atom. The summed E-state index contributed by atoms with van der Waals surface area (Å²) in [5.74, 6) is 0.667. The molecule has 0 saturated heterocycles. The van der Waals surface area contributed by atoms with Gasteiger partial charge in [0, 0.05) is 11.3 Å². The van der Waals surface area contributed by atoms with Crippen molar-refractivity contribution in [3.63, 3.8) is 0 Å². The number of anilines is 2. The maximum atomic E-state index is 12.8. The van der Waals surface area contributed by atoms with E-state index in [-0.39, 0.29) is 15.9 Å². The number of aromatic nitrogens is 1. The van der Waals surface area contributed by atoms with Gasteiger partial charge in [0.2, 0.25) is 0 Å². The van der Waals surface area contributed by atoms with Gasteiger partial charge in [0.25, 0.3) is 15.9 Å². The van der Waals surface area contributed by atoms with Gasteiger partial charge in [-0.25, -0.2) is 13.4 Å². The second kappa shape index (κ2) is 9.32. The lowest BCUT2D eigenvalue weighted by Gasteiger charge is -2.10. The Hall–Kier alpha value is -3.63. The second-order valence-corrected chi connectivity index (χ2v) is 10.3. The van der Waals surface area contributed by atoms with Crippen molar-refractivity contribution in [1.29, 1.82) is 0 Å². The molecule has 0 saturated carbocycles. The molecule has 0 spiro atoms. The van der Waals surface area contributed by atoms with Crippen LogP contribution < -0.4 is 19.5 Å². The van der Waals surface area contributed by atoms with Crippen LogP contribution in [0, 0.1) is 13.8 Å². The summed E-state index contributed by atoms with van der Waals surface area (Å²) in [7, 11) is -0.729. The summed E-state index contributed by atoms with van der Waals surface area (Å²) in [4.78, 5) is 17.4. The van der Waals surface area contributed by atoms with Gasteiger partial charge in [0.05, 0.1) is 29.3 Å². The summed E-state index contributed by atoms with van der Waals surface area (Å²) in [6.45, 7) is 3.74. The van der Waals surface area contributed by atoms with Gasteiger partial charge in [-0.2, -0.15) is 0 Å². The molecule has 0 aliphatic heterocycles. The van der Waals surface area contributed by atoms with Crippen molar-refractivity contribution in [3.05, 3.63) is 71.3 Å². The summed E-state index contributed by atoms with van der Waals surface area (Å²) in [5.41, 5.74) is 3.41. The van der Waals surface area contributed by atoms with E-state index >= 15 is 0 Å². The van der Waals surface area contributed by atoms with Crippen molar-refractivity contribution in [2.24, 2.45) is 0 Å². The summed E-state index contributed by atoms with van der Waals surface area (Å²) in [5, 5.41) is 3.13. The number of hydrogen-bond donors (Lipinski definition) is 2. The fraction of sp³-hybridized carbons (Fsp3) is 0.167. The van der Waals surface area contributed by atoms with E-state index in [9.17, 15) is 13.2 Å². The Morgan fingerprint density at radius 3 is 2.32 bits per heavy atom. The van der Waals surface area contributed by atoms with Crippen LogP contribution in [0.25, 0.3) is 10.2 Å². The molecule has 0 fully saturated rings. The van der Waals surface area contributed by atoms with E-state index in [0.29, 0.717) is 28.3 Å². The maximum Gasteiger partial charge on any atom is 0.263 e. The second-order valence-electron chi connectivity index (χ2n) is 7.60. The van der Waals surface area contributed by atoms with Gasteiger partial charge in [0.15, 0.2) is 16.6 Å². The SMILES string of the molecule is COc1ccc(C(=O)Nc2cc(C)c3nc(NS(=O)(=O)c4ccc(C)cc4)sc3c2)cc1OC. The summed E-state index contributed by atoms with van der Waals surface area (Å²) in [6, 6.07) is 15.1. The Morgan fingerprint density at radius 2 is 1.65 bits per heavy atom. The summed E-state index contributed by atoms with van der Waals surface area (Å²) >= 11 is 1.19. The number of amides is 1. The van der Waals surface area contributed by atoms with Gasteiger partial charge in [-0.1, -0.05) is 29.0 Å². The van der Waals surface area contributed by atoms with Crippen LogP contribution in [-0.2, 0) is 10.0 Å². The highest BCUT2D eigenvalue weighted by molar-refractivity contribution is 7.93. The third-order valence-electron chi connectivity index (χ3n) is 5.14. The van der Waals surface area contributed by atoms with Crippen LogP contribution in [0.3, 0.4) is 0 Å². The zero-order valence-electron chi connectivity index (χ0n) is 19.0. The molecule has 0 aliphatic carbocycles. The monoisotopic (exact) mass is 497 g/mol. The highest BCUT2D eigenvalue weighted by Gasteiger charge is 2.18. The number of sulfonamides is 1. The van der Waals surface area contributed by atoms with Crippen LogP contribution in [0.15, 0.2) is 59.5 Å². The fourth-order valence-corrected chi connectivity index (χ4v) is 5.60. The number of nitrogens with zero attached hydrogens (tertiary/aromatic N) is 1. The number of carbonyl (C=O) groups is 1. The quantitative estimate of drug-likeness (QED) is 0.373. The topological polar surface area (TPSA) is 107 Å². The molecule has 176 valence electrons. The fourth-order valence-electron chi connectivity index (χ4n) is 3.38. The molecule has 34 heavy (non-hydrogen) atoms. The molecule has 10 heteroatoms. The van der Waals surface area contributed by atoms with Crippen LogP contribution in [0.4, 0.5) is 10.8 Å². The molecule has 1 amide bonds. The molecule has 3 aromatic carbocycles. The normalized spacial score (nSPS) is 11.3. The van der Waals surface area contributed by atoms with Crippen LogP contribution >= 0.6 is 11.3 Å². The Labute approximate surface area is 201 Å². The van der Waals surface area contributed by atoms with Crippen LogP contribution in [-0.4, -0.2) is 33.5 Å². The van der Waals surface area contributed by atoms with Crippen molar-refractivity contribution < 1.29 is 22.7 Å². The van der Waals surface area contributed by atoms with Crippen molar-refractivity contribution in [2.75, 3.05) is 24.3 Å². The first-order valence-corrected chi connectivity index (χ1v) is 12.5. The number of fused-ring (bicyclic) bond motifs is 1. The number of thiazole rings is 1. The molecule has 4 aromatic rings. The highest BCUT2D eigenvalue weighted by atomic mass is 32.2. The molecule has 0 radical (unpaired) electrons. The van der Waals surface area contributed by atoms with E-state index in [4.69, 9.17) is 9.47 Å². The first-order chi connectivity index (χ1) is 16.2. The lowest BCUT2D eigenvalue weighted by Crippen LogP contribution is -2.12. The predicted molar refractivity (Wildman–Crippen MR) is 134 cm³/mol. The van der Waals surface area contributed by atoms with Crippen LogP contribution in [0.1, 0.15) is 21.5 Å². The Kier molecular flexibility index (Phi) is 6.45. The summed E-state index contributed by atoms with van der Waals surface area (Å²) < 4.78 is 39.2. The number of aryl methyl sites for hydroxylation is 2. The minimum absolute atomic E-state index is 0.164. The van der Waals surface area contributed by atoms with Crippen molar-refractivity contribution >= 4 is 48.3 Å². The zero-order valence-corrected chi connectivity index (χ0v) is 20.6. The highest BCUT2D eigenvalue weighted by Crippen LogP contribution is 2.33. The van der Waals surface area contributed by atoms with E-state index < -0.39 is 10.0 Å². The van der Waals surface area contributed by atoms with Gasteiger partial charge < -0.3 is 14.8 Å². The first-order valence-electron chi connectivity index (χ1n) is 10.2. The van der Waals surface area contributed by atoms with Crippen molar-refractivity contribution in [3.8, 4) is 11.5 Å². The third-order valence-corrected chi connectivity index (χ3v) is 7.54. The first kappa shape index (κ1) is 23.5. The maximum absolute atomic E-state index is 12.8. The van der Waals surface area contributed by atoms with E-state index in [2.05, 4.69) is 15.0 Å². The molecule has 4 rings (SSSR count). The van der Waals surface area contributed by atoms with Gasteiger partial charge >= 0.3 is 0 Å². The number of ether oxygens (including phenoxy) is 2. The molecular formula is C24H23N3O5S2. The standard InChI is InChI=1S/C24H23N3O5S2/c1-14-5-8-18(9-6-14)34(29,30)27-24-26-22-15(2)11-17(13-21(22)33-24)25-23(28)16-7-10-19(31-3)20(12-16)32-4/h5-13H,1-4H3,(H,25,28)(H,26,27). The number of carbonyl (C=O) groups excluding carboxylic acids is 1. The lowest BCUT2D eigenvalue weighted by molar-refractivity contribution is 0.102. The minimum Gasteiger partial charge on any atom is -0.493 e. The van der Waals surface area contributed by atoms with Gasteiger partial charge in [-0.15, -0.1) is 0 Å². The Balaban J connectivity index is 1.58. The van der Waals surface area contributed by atoms with Crippen molar-refractivity contribution in [2.45, 2.75) is 18.7 Å². The van der Waals surface area contributed by atoms with E-state index in [1.165, 1.54) is 25.6 Å². The van der Waals surface area contributed by atoms with Crippen molar-refractivity contribution in [1.82, 2.24) is 4.98 Å². The van der Waals surface area contributed by atoms with Crippen LogP contribution in [0.2, 0.25) is 0 Å². The largest absolute Gasteiger partial charge is 0.493 e. The average molecular weight is 498 g/mol. The molecule has 2 N–H and O–H groups in total. The van der Waals surface area contributed by atoms with E-state index in [0.717, 1.165) is 15.8 Å². The molecule has 1 heterocycles. The smallest absolute Gasteiger partial charge is 0.263 e. The molecule has 0 atom stereocenters. The molecular weight excluding hydrogens is 474 g/mol. The number of rotatable bonds is 7. The zero-order chi connectivity index (χ0) is 24.5. The average Bonchev–Trinajstić information content (AvgIpc) is 3.21. The predicted octanol–water partition coefficient (Wildman–Crippen LogP) is 4.98. The summed E-state index contributed by atoms with van der Waals surface area (Å²) in [6.07, 6.45) is 0. The van der Waals surface area contributed by atoms with Gasteiger partial charge in [0.1, 0.15) is 0 Å². The number of hydrogen-bond acceptors (Lipinski definition) is 7. The number of methoxy groups -OCH3 is 2. The number of nitrogens with one attached hydrogen (secondary N) is 2. The Bertz CT molecular complexity index is 1480. The third kappa shape index (κ3) is 4.82. The molecule has 0 aliphatic rings. The van der Waals surface area contributed by atoms with E-state index in [1.54, 1.807) is 54.6 Å². The lowest BCUT2D eigenvalue weighted by atomic mass is 10.1.